The van der Waals surface area contributed by atoms with Crippen molar-refractivity contribution in [1.82, 2.24) is 0 Å². The Hall–Kier alpha value is -0.661. The van der Waals surface area contributed by atoms with E-state index < -0.39 is 8.32 Å². The van der Waals surface area contributed by atoms with E-state index in [1.165, 1.54) is 0 Å². The van der Waals surface area contributed by atoms with Crippen molar-refractivity contribution in [3.63, 3.8) is 0 Å². The third-order valence-corrected chi connectivity index (χ3v) is 3.22. The average molecular weight is 286 g/mol. The van der Waals surface area contributed by atoms with Gasteiger partial charge in [-0.25, -0.2) is 0 Å². The molecule has 4 heteroatoms. The van der Waals surface area contributed by atoms with Crippen molar-refractivity contribution >= 4 is 19.0 Å². The predicted molar refractivity (Wildman–Crippen MR) is 71.5 cm³/mol. The van der Waals surface area contributed by atoms with E-state index in [2.05, 4.69) is 35.5 Å². The van der Waals surface area contributed by atoms with Gasteiger partial charge in [0.05, 0.1) is 0 Å². The maximum absolute atomic E-state index is 5.93. The second kappa shape index (κ2) is 6.32. The van der Waals surface area contributed by atoms with Crippen LogP contribution in [0.3, 0.4) is 0 Å². The molecule has 0 aliphatic heterocycles. The van der Waals surface area contributed by atoms with Crippen molar-refractivity contribution in [2.24, 2.45) is 0 Å². The number of hydrogen-bond donors (Lipinski definition) is 0. The van der Waals surface area contributed by atoms with Gasteiger partial charge >= 0.3 is 112 Å². The molecule has 17 heavy (non-hydrogen) atoms. The Labute approximate surface area is 112 Å². The molecule has 0 N–H and O–H groups in total. The van der Waals surface area contributed by atoms with Crippen LogP contribution < -0.4 is 4.43 Å². The Morgan fingerprint density at radius 3 is 2.59 bits per heavy atom. The van der Waals surface area contributed by atoms with Crippen molar-refractivity contribution in [3.8, 4) is 5.75 Å². The molecule has 2 nitrogen and oxygen atoms in total. The molecule has 0 saturated heterocycles. The minimum atomic E-state index is -1.53. The third kappa shape index (κ3) is 5.99. The summed E-state index contributed by atoms with van der Waals surface area (Å²) in [6, 6.07) is 8.07. The van der Waals surface area contributed by atoms with E-state index >= 15 is 0 Å². The molecular formula is C13H18CrO2Si. The van der Waals surface area contributed by atoms with Crippen LogP contribution in [0.1, 0.15) is 5.56 Å². The molecule has 0 aliphatic carbocycles. The van der Waals surface area contributed by atoms with Gasteiger partial charge in [-0.05, 0) is 0 Å². The Morgan fingerprint density at radius 2 is 2.00 bits per heavy atom. The van der Waals surface area contributed by atoms with E-state index in [0.717, 1.165) is 15.9 Å². The summed E-state index contributed by atoms with van der Waals surface area (Å²) in [5.74, 6) is 0.936. The van der Waals surface area contributed by atoms with E-state index in [-0.39, 0.29) is 0 Å². The van der Waals surface area contributed by atoms with Crippen LogP contribution in [0.5, 0.6) is 5.75 Å². The molecule has 0 heterocycles. The molecule has 0 radical (unpaired) electrons. The summed E-state index contributed by atoms with van der Waals surface area (Å²) in [7, 11) is 0.107. The molecule has 0 fully saturated rings. The van der Waals surface area contributed by atoms with Crippen LogP contribution >= 0.6 is 0 Å². The fourth-order valence-corrected chi connectivity index (χ4v) is 2.21. The first kappa shape index (κ1) is 14.4. The van der Waals surface area contributed by atoms with Crippen molar-refractivity contribution in [1.29, 1.82) is 0 Å². The van der Waals surface area contributed by atoms with E-state index in [9.17, 15) is 0 Å². The van der Waals surface area contributed by atoms with Crippen LogP contribution in [-0.4, -0.2) is 20.0 Å². The van der Waals surface area contributed by atoms with Crippen LogP contribution in [-0.2, 0) is 20.6 Å². The first-order chi connectivity index (χ1) is 7.90. The van der Waals surface area contributed by atoms with E-state index in [1.54, 1.807) is 7.11 Å². The second-order valence-corrected chi connectivity index (χ2v) is 9.70. The Morgan fingerprint density at radius 1 is 1.29 bits per heavy atom. The summed E-state index contributed by atoms with van der Waals surface area (Å²) < 4.78 is 11.7. The zero-order chi connectivity index (χ0) is 12.9. The van der Waals surface area contributed by atoms with Crippen molar-refractivity contribution in [2.75, 3.05) is 7.11 Å². The second-order valence-electron chi connectivity index (χ2n) is 4.64. The third-order valence-electron chi connectivity index (χ3n) is 1.90. The van der Waals surface area contributed by atoms with Gasteiger partial charge in [0.1, 0.15) is 0 Å². The number of ether oxygens (including phenoxy) is 1. The zero-order valence-corrected chi connectivity index (χ0v) is 13.0. The molecule has 0 atom stereocenters. The van der Waals surface area contributed by atoms with Gasteiger partial charge < -0.3 is 0 Å². The molecule has 0 unspecified atom stereocenters. The summed E-state index contributed by atoms with van der Waals surface area (Å²) in [5.41, 5.74) is 1.10. The van der Waals surface area contributed by atoms with Gasteiger partial charge in [0.15, 0.2) is 0 Å². The predicted octanol–water partition coefficient (Wildman–Crippen LogP) is 3.24. The molecule has 0 amide bonds. The van der Waals surface area contributed by atoms with Crippen LogP contribution in [0, 0.1) is 0 Å². The molecule has 0 aromatic heterocycles. The van der Waals surface area contributed by atoms with Crippen molar-refractivity contribution < 1.29 is 25.0 Å². The van der Waals surface area contributed by atoms with Crippen LogP contribution in [0.4, 0.5) is 0 Å². The standard InChI is InChI=1S/C13H18O2Si.Cr/c1-14-10-6-8-12-7-5-9-13(11-12)15-16(2,3)4;/h5-9,11H,1-4H3;/b8-6+;. The monoisotopic (exact) mass is 286 g/mol. The Kier molecular flexibility index (Phi) is 5.35. The molecule has 1 aromatic rings. The Bertz CT molecular complexity index is 422. The average Bonchev–Trinajstić information content (AvgIpc) is 2.24. The fourth-order valence-electron chi connectivity index (χ4n) is 1.27. The molecule has 92 valence electrons. The SMILES string of the molecule is CO[C](=[Cr])/C=C/c1cccc(O[Si](C)(C)C)c1. The summed E-state index contributed by atoms with van der Waals surface area (Å²) in [6.07, 6.45) is 3.89. The van der Waals surface area contributed by atoms with Gasteiger partial charge in [-0.2, -0.15) is 0 Å². The molecule has 0 bridgehead atoms. The topological polar surface area (TPSA) is 18.5 Å². The molecule has 0 spiro atoms. The van der Waals surface area contributed by atoms with E-state index in [0.29, 0.717) is 0 Å². The van der Waals surface area contributed by atoms with Crippen LogP contribution in [0.2, 0.25) is 19.6 Å². The Balaban J connectivity index is 2.79. The first-order valence-electron chi connectivity index (χ1n) is 5.46. The van der Waals surface area contributed by atoms with Gasteiger partial charge in [-0.15, -0.1) is 0 Å². The number of methoxy groups -OCH3 is 1. The quantitative estimate of drug-likeness (QED) is 0.774. The normalized spacial score (nSPS) is 11.8. The maximum atomic E-state index is 5.93. The van der Waals surface area contributed by atoms with Gasteiger partial charge in [-0.1, -0.05) is 0 Å². The summed E-state index contributed by atoms with van der Waals surface area (Å²) >= 11 is 2.83. The summed E-state index contributed by atoms with van der Waals surface area (Å²) in [6.45, 7) is 6.52. The number of hydrogen-bond acceptors (Lipinski definition) is 2. The van der Waals surface area contributed by atoms with Gasteiger partial charge in [0, 0.05) is 0 Å². The molecule has 0 saturated carbocycles. The minimum absolute atomic E-state index is 0.765. The van der Waals surface area contributed by atoms with Crippen LogP contribution in [0.15, 0.2) is 30.3 Å². The molecule has 1 aromatic carbocycles. The molecule has 0 aliphatic rings. The fraction of sp³-hybridized carbons (Fsp3) is 0.308. The van der Waals surface area contributed by atoms with E-state index in [4.69, 9.17) is 9.16 Å². The molecule has 1 rings (SSSR count). The first-order valence-corrected chi connectivity index (χ1v) is 9.50. The van der Waals surface area contributed by atoms with Crippen molar-refractivity contribution in [2.45, 2.75) is 19.6 Å². The van der Waals surface area contributed by atoms with Gasteiger partial charge in [0.25, 0.3) is 0 Å². The van der Waals surface area contributed by atoms with Crippen molar-refractivity contribution in [3.05, 3.63) is 35.9 Å². The van der Waals surface area contributed by atoms with E-state index in [1.807, 2.05) is 36.4 Å². The zero-order valence-electron chi connectivity index (χ0n) is 10.7. The van der Waals surface area contributed by atoms with Gasteiger partial charge in [0.2, 0.25) is 0 Å². The summed E-state index contributed by atoms with van der Waals surface area (Å²) in [4.78, 5) is 0. The molecular weight excluding hydrogens is 268 g/mol. The number of rotatable bonds is 5. The summed E-state index contributed by atoms with van der Waals surface area (Å²) in [5, 5.41) is 0. The van der Waals surface area contributed by atoms with Gasteiger partial charge in [-0.3, -0.25) is 0 Å². The number of benzene rings is 1. The van der Waals surface area contributed by atoms with Crippen LogP contribution in [0.25, 0.3) is 6.08 Å².